The van der Waals surface area contributed by atoms with Gasteiger partial charge in [0.2, 0.25) is 0 Å². The smallest absolute Gasteiger partial charge is 0.407 e. The summed E-state index contributed by atoms with van der Waals surface area (Å²) < 4.78 is 5.53. The van der Waals surface area contributed by atoms with Crippen LogP contribution in [0.1, 0.15) is 47.0 Å². The van der Waals surface area contributed by atoms with E-state index in [9.17, 15) is 4.79 Å². The third kappa shape index (κ3) is 3.69. The van der Waals surface area contributed by atoms with Crippen LogP contribution in [0.15, 0.2) is 0 Å². The highest BCUT2D eigenvalue weighted by Crippen LogP contribution is 2.35. The van der Waals surface area contributed by atoms with E-state index in [4.69, 9.17) is 4.74 Å². The van der Waals surface area contributed by atoms with Crippen molar-refractivity contribution >= 4 is 6.09 Å². The van der Waals surface area contributed by atoms with Gasteiger partial charge in [0.05, 0.1) is 0 Å². The lowest BCUT2D eigenvalue weighted by atomic mass is 9.75. The zero-order valence-corrected chi connectivity index (χ0v) is 11.0. The van der Waals surface area contributed by atoms with Crippen LogP contribution in [0.4, 0.5) is 4.79 Å². The molecule has 0 heterocycles. The van der Waals surface area contributed by atoms with Gasteiger partial charge in [0.25, 0.3) is 0 Å². The third-order valence-electron chi connectivity index (χ3n) is 3.54. The largest absolute Gasteiger partial charge is 0.446 e. The molecule has 0 aromatic rings. The van der Waals surface area contributed by atoms with E-state index in [-0.39, 0.29) is 12.2 Å². The Hall–Kier alpha value is -0.730. The van der Waals surface area contributed by atoms with Crippen molar-refractivity contribution in [3.05, 3.63) is 0 Å². The van der Waals surface area contributed by atoms with Gasteiger partial charge in [-0.2, -0.15) is 0 Å². The summed E-state index contributed by atoms with van der Waals surface area (Å²) in [5, 5.41) is 2.71. The van der Waals surface area contributed by atoms with Crippen LogP contribution < -0.4 is 5.32 Å². The van der Waals surface area contributed by atoms with Crippen LogP contribution in [0.25, 0.3) is 0 Å². The molecule has 94 valence electrons. The van der Waals surface area contributed by atoms with Crippen molar-refractivity contribution in [2.45, 2.75) is 53.1 Å². The molecule has 0 aromatic carbocycles. The van der Waals surface area contributed by atoms with Gasteiger partial charge >= 0.3 is 6.09 Å². The van der Waals surface area contributed by atoms with Crippen molar-refractivity contribution in [2.24, 2.45) is 17.8 Å². The maximum atomic E-state index is 11.5. The van der Waals surface area contributed by atoms with Gasteiger partial charge in [0, 0.05) is 6.54 Å². The Morgan fingerprint density at radius 1 is 1.44 bits per heavy atom. The van der Waals surface area contributed by atoms with Gasteiger partial charge in [-0.15, -0.1) is 0 Å². The van der Waals surface area contributed by atoms with Gasteiger partial charge in [-0.25, -0.2) is 4.79 Å². The zero-order chi connectivity index (χ0) is 12.1. The fourth-order valence-electron chi connectivity index (χ4n) is 2.57. The van der Waals surface area contributed by atoms with Crippen LogP contribution in [-0.2, 0) is 4.74 Å². The highest BCUT2D eigenvalue weighted by molar-refractivity contribution is 5.67. The Balaban J connectivity index is 2.54. The average Bonchev–Trinajstić information content (AvgIpc) is 2.17. The van der Waals surface area contributed by atoms with E-state index in [1.165, 1.54) is 12.8 Å². The minimum Gasteiger partial charge on any atom is -0.446 e. The number of carbonyl (C=O) groups is 1. The standard InChI is InChI=1S/C13H25NO2/c1-5-14-13(15)16-12-8-10(4)6-7-11(12)9(2)3/h9-12H,5-8H2,1-4H3,(H,14,15)/t10?,11-,12-/m0/s1. The van der Waals surface area contributed by atoms with E-state index < -0.39 is 0 Å². The third-order valence-corrected chi connectivity index (χ3v) is 3.54. The van der Waals surface area contributed by atoms with Crippen LogP contribution in [0.2, 0.25) is 0 Å². The fourth-order valence-corrected chi connectivity index (χ4v) is 2.57. The molecule has 3 atom stereocenters. The van der Waals surface area contributed by atoms with Crippen molar-refractivity contribution < 1.29 is 9.53 Å². The Kier molecular flexibility index (Phi) is 5.10. The minimum absolute atomic E-state index is 0.107. The predicted molar refractivity (Wildman–Crippen MR) is 65.3 cm³/mol. The van der Waals surface area contributed by atoms with E-state index in [0.717, 1.165) is 6.42 Å². The first-order valence-electron chi connectivity index (χ1n) is 6.49. The second-order valence-electron chi connectivity index (χ2n) is 5.30. The SMILES string of the molecule is CCNC(=O)O[C@H]1CC(C)CC[C@H]1C(C)C. The van der Waals surface area contributed by atoms with Crippen molar-refractivity contribution in [2.75, 3.05) is 6.54 Å². The monoisotopic (exact) mass is 227 g/mol. The highest BCUT2D eigenvalue weighted by atomic mass is 16.6. The maximum absolute atomic E-state index is 11.5. The molecule has 3 nitrogen and oxygen atoms in total. The number of hydrogen-bond acceptors (Lipinski definition) is 2. The summed E-state index contributed by atoms with van der Waals surface area (Å²) >= 11 is 0. The molecule has 1 rings (SSSR count). The van der Waals surface area contributed by atoms with Crippen LogP contribution in [0, 0.1) is 17.8 Å². The van der Waals surface area contributed by atoms with Gasteiger partial charge in [-0.1, -0.05) is 27.2 Å². The van der Waals surface area contributed by atoms with Gasteiger partial charge in [-0.3, -0.25) is 0 Å². The molecule has 0 aliphatic heterocycles. The Morgan fingerprint density at radius 3 is 2.69 bits per heavy atom. The van der Waals surface area contributed by atoms with E-state index in [2.05, 4.69) is 26.1 Å². The number of nitrogens with one attached hydrogen (secondary N) is 1. The molecular formula is C13H25NO2. The molecule has 1 N–H and O–H groups in total. The second-order valence-corrected chi connectivity index (χ2v) is 5.30. The molecule has 1 aliphatic rings. The molecule has 3 heteroatoms. The normalized spacial score (nSPS) is 30.2. The van der Waals surface area contributed by atoms with E-state index in [0.29, 0.717) is 24.3 Å². The molecule has 16 heavy (non-hydrogen) atoms. The predicted octanol–water partition coefficient (Wildman–Crippen LogP) is 3.19. The number of carbonyl (C=O) groups excluding carboxylic acids is 1. The van der Waals surface area contributed by atoms with Crippen LogP contribution in [0.3, 0.4) is 0 Å². The summed E-state index contributed by atoms with van der Waals surface area (Å²) in [4.78, 5) is 11.5. The first-order valence-corrected chi connectivity index (χ1v) is 6.49. The van der Waals surface area contributed by atoms with Gasteiger partial charge in [0.1, 0.15) is 6.10 Å². The number of rotatable bonds is 3. The van der Waals surface area contributed by atoms with Crippen molar-refractivity contribution in [1.29, 1.82) is 0 Å². The lowest BCUT2D eigenvalue weighted by Crippen LogP contribution is -2.38. The summed E-state index contributed by atoms with van der Waals surface area (Å²) in [6.45, 7) is 9.21. The molecule has 0 spiro atoms. The van der Waals surface area contributed by atoms with E-state index in [1.807, 2.05) is 6.92 Å². The summed E-state index contributed by atoms with van der Waals surface area (Å²) in [7, 11) is 0. The molecule has 0 aromatic heterocycles. The van der Waals surface area contributed by atoms with Crippen molar-refractivity contribution in [1.82, 2.24) is 5.32 Å². The van der Waals surface area contributed by atoms with Crippen LogP contribution in [0.5, 0.6) is 0 Å². The van der Waals surface area contributed by atoms with Gasteiger partial charge in [0.15, 0.2) is 0 Å². The van der Waals surface area contributed by atoms with Crippen molar-refractivity contribution in [3.63, 3.8) is 0 Å². The molecule has 0 radical (unpaired) electrons. The number of amides is 1. The Labute approximate surface area is 98.9 Å². The highest BCUT2D eigenvalue weighted by Gasteiger charge is 2.33. The quantitative estimate of drug-likeness (QED) is 0.804. The Morgan fingerprint density at radius 2 is 2.12 bits per heavy atom. The molecule has 0 saturated heterocycles. The molecule has 1 amide bonds. The lowest BCUT2D eigenvalue weighted by Gasteiger charge is -2.36. The zero-order valence-electron chi connectivity index (χ0n) is 11.0. The van der Waals surface area contributed by atoms with Crippen LogP contribution >= 0.6 is 0 Å². The second kappa shape index (κ2) is 6.12. The first-order chi connectivity index (χ1) is 7.54. The molecular weight excluding hydrogens is 202 g/mol. The number of hydrogen-bond donors (Lipinski definition) is 1. The van der Waals surface area contributed by atoms with E-state index >= 15 is 0 Å². The summed E-state index contributed by atoms with van der Waals surface area (Å²) in [6, 6.07) is 0. The number of ether oxygens (including phenoxy) is 1. The maximum Gasteiger partial charge on any atom is 0.407 e. The molecule has 1 unspecified atom stereocenters. The number of alkyl carbamates (subject to hydrolysis) is 1. The molecule has 1 saturated carbocycles. The first kappa shape index (κ1) is 13.3. The molecule has 1 fully saturated rings. The lowest BCUT2D eigenvalue weighted by molar-refractivity contribution is 0.00643. The summed E-state index contributed by atoms with van der Waals surface area (Å²) in [6.07, 6.45) is 3.31. The summed E-state index contributed by atoms with van der Waals surface area (Å²) in [5.74, 6) is 1.79. The molecule has 1 aliphatic carbocycles. The van der Waals surface area contributed by atoms with Crippen LogP contribution in [-0.4, -0.2) is 18.7 Å². The minimum atomic E-state index is -0.257. The fraction of sp³-hybridized carbons (Fsp3) is 0.923. The Bertz CT molecular complexity index is 228. The van der Waals surface area contributed by atoms with Crippen molar-refractivity contribution in [3.8, 4) is 0 Å². The summed E-state index contributed by atoms with van der Waals surface area (Å²) in [5.41, 5.74) is 0. The average molecular weight is 227 g/mol. The van der Waals surface area contributed by atoms with Gasteiger partial charge < -0.3 is 10.1 Å². The molecule has 0 bridgehead atoms. The van der Waals surface area contributed by atoms with Gasteiger partial charge in [-0.05, 0) is 37.5 Å². The van der Waals surface area contributed by atoms with E-state index in [1.54, 1.807) is 0 Å². The topological polar surface area (TPSA) is 38.3 Å².